The third kappa shape index (κ3) is 3.89. The summed E-state index contributed by atoms with van der Waals surface area (Å²) in [7, 11) is 1.65. The summed E-state index contributed by atoms with van der Waals surface area (Å²) >= 11 is 0. The van der Waals surface area contributed by atoms with E-state index in [0.717, 1.165) is 38.6 Å². The number of rotatable bonds is 4. The van der Waals surface area contributed by atoms with E-state index in [1.54, 1.807) is 11.9 Å². The van der Waals surface area contributed by atoms with Crippen molar-refractivity contribution in [3.05, 3.63) is 35.4 Å². The van der Waals surface area contributed by atoms with Gasteiger partial charge >= 0.3 is 6.03 Å². The maximum atomic E-state index is 12.3. The molecule has 3 rings (SSSR count). The van der Waals surface area contributed by atoms with Gasteiger partial charge in [0.05, 0.1) is 5.92 Å². The Morgan fingerprint density at radius 3 is 2.58 bits per heavy atom. The molecule has 0 unspecified atom stereocenters. The highest BCUT2D eigenvalue weighted by Crippen LogP contribution is 2.28. The molecule has 1 aromatic carbocycles. The highest BCUT2D eigenvalue weighted by molar-refractivity contribution is 5.80. The van der Waals surface area contributed by atoms with Crippen molar-refractivity contribution >= 4 is 11.9 Å². The van der Waals surface area contributed by atoms with Crippen molar-refractivity contribution in [1.29, 1.82) is 0 Å². The molecule has 1 heterocycles. The van der Waals surface area contributed by atoms with Gasteiger partial charge in [-0.15, -0.1) is 0 Å². The van der Waals surface area contributed by atoms with Crippen LogP contribution in [0, 0.1) is 11.8 Å². The summed E-state index contributed by atoms with van der Waals surface area (Å²) in [4.78, 5) is 25.9. The SMILES string of the molecule is CNC(=O)[C@@H]1CCCN(C(=O)NCCC2Cc3ccccc3C2)C1. The average molecular weight is 329 g/mol. The standard InChI is InChI=1S/C19H27N3O2/c1-20-18(23)17-7-4-10-22(13-17)19(24)21-9-8-14-11-15-5-2-3-6-16(15)12-14/h2-3,5-6,14,17H,4,7-13H2,1H3,(H,20,23)(H,21,24)/t17-/m1/s1. The van der Waals surface area contributed by atoms with Crippen LogP contribution in [0.25, 0.3) is 0 Å². The van der Waals surface area contributed by atoms with Crippen LogP contribution in [-0.2, 0) is 17.6 Å². The molecule has 0 spiro atoms. The van der Waals surface area contributed by atoms with Gasteiger partial charge in [0.25, 0.3) is 0 Å². The van der Waals surface area contributed by atoms with Crippen molar-refractivity contribution in [1.82, 2.24) is 15.5 Å². The Bertz CT molecular complexity index is 577. The van der Waals surface area contributed by atoms with E-state index >= 15 is 0 Å². The van der Waals surface area contributed by atoms with Gasteiger partial charge in [-0.3, -0.25) is 4.79 Å². The quantitative estimate of drug-likeness (QED) is 0.887. The molecule has 1 aliphatic carbocycles. The summed E-state index contributed by atoms with van der Waals surface area (Å²) in [6, 6.07) is 8.59. The lowest BCUT2D eigenvalue weighted by Gasteiger charge is -2.31. The molecule has 1 aromatic rings. The molecule has 3 amide bonds. The summed E-state index contributed by atoms with van der Waals surface area (Å²) in [6.07, 6.45) is 5.00. The number of urea groups is 1. The van der Waals surface area contributed by atoms with Crippen LogP contribution < -0.4 is 10.6 Å². The van der Waals surface area contributed by atoms with Crippen molar-refractivity contribution in [2.45, 2.75) is 32.1 Å². The van der Waals surface area contributed by atoms with Gasteiger partial charge in [0.15, 0.2) is 0 Å². The van der Waals surface area contributed by atoms with E-state index < -0.39 is 0 Å². The molecule has 24 heavy (non-hydrogen) atoms. The first kappa shape index (κ1) is 16.8. The second-order valence-corrected chi connectivity index (χ2v) is 6.96. The largest absolute Gasteiger partial charge is 0.359 e. The van der Waals surface area contributed by atoms with E-state index in [4.69, 9.17) is 0 Å². The molecular formula is C19H27N3O2. The van der Waals surface area contributed by atoms with Crippen LogP contribution in [-0.4, -0.2) is 43.5 Å². The number of hydrogen-bond acceptors (Lipinski definition) is 2. The number of fused-ring (bicyclic) bond motifs is 1. The van der Waals surface area contributed by atoms with Gasteiger partial charge in [0.1, 0.15) is 0 Å². The van der Waals surface area contributed by atoms with E-state index in [-0.39, 0.29) is 17.9 Å². The van der Waals surface area contributed by atoms with Gasteiger partial charge in [0, 0.05) is 26.7 Å². The summed E-state index contributed by atoms with van der Waals surface area (Å²) in [5.74, 6) is 0.595. The molecule has 1 saturated heterocycles. The minimum atomic E-state index is -0.0705. The molecule has 2 N–H and O–H groups in total. The molecule has 5 nitrogen and oxygen atoms in total. The molecule has 130 valence electrons. The average Bonchev–Trinajstić information content (AvgIpc) is 3.03. The molecule has 0 radical (unpaired) electrons. The summed E-state index contributed by atoms with van der Waals surface area (Å²) in [6.45, 7) is 1.98. The lowest BCUT2D eigenvalue weighted by molar-refractivity contribution is -0.125. The van der Waals surface area contributed by atoms with Crippen molar-refractivity contribution in [2.24, 2.45) is 11.8 Å². The summed E-state index contributed by atoms with van der Waals surface area (Å²) in [5, 5.41) is 5.72. The number of carbonyl (C=O) groups excluding carboxylic acids is 2. The molecule has 1 aliphatic heterocycles. The number of nitrogens with zero attached hydrogens (tertiary/aromatic N) is 1. The predicted octanol–water partition coefficient (Wildman–Crippen LogP) is 1.96. The number of amides is 3. The van der Waals surface area contributed by atoms with Gasteiger partial charge in [-0.25, -0.2) is 4.79 Å². The molecule has 1 atom stereocenters. The number of benzene rings is 1. The predicted molar refractivity (Wildman–Crippen MR) is 93.7 cm³/mol. The Labute approximate surface area is 143 Å². The zero-order valence-corrected chi connectivity index (χ0v) is 14.4. The fraction of sp³-hybridized carbons (Fsp3) is 0.579. The van der Waals surface area contributed by atoms with Gasteiger partial charge in [0.2, 0.25) is 5.91 Å². The maximum absolute atomic E-state index is 12.3. The van der Waals surface area contributed by atoms with E-state index in [2.05, 4.69) is 34.9 Å². The number of carbonyl (C=O) groups is 2. The minimum Gasteiger partial charge on any atom is -0.359 e. The molecule has 0 bridgehead atoms. The van der Waals surface area contributed by atoms with Crippen LogP contribution in [0.2, 0.25) is 0 Å². The first-order valence-corrected chi connectivity index (χ1v) is 8.98. The number of likely N-dealkylation sites (tertiary alicyclic amines) is 1. The number of nitrogens with one attached hydrogen (secondary N) is 2. The Hall–Kier alpha value is -2.04. The second kappa shape index (κ2) is 7.69. The normalized spacial score (nSPS) is 20.5. The van der Waals surface area contributed by atoms with E-state index in [9.17, 15) is 9.59 Å². The topological polar surface area (TPSA) is 61.4 Å². The third-order valence-corrected chi connectivity index (χ3v) is 5.29. The Morgan fingerprint density at radius 2 is 1.92 bits per heavy atom. The number of piperidine rings is 1. The summed E-state index contributed by atoms with van der Waals surface area (Å²) in [5.41, 5.74) is 2.91. The van der Waals surface area contributed by atoms with Crippen LogP contribution in [0.15, 0.2) is 24.3 Å². The van der Waals surface area contributed by atoms with Crippen LogP contribution in [0.1, 0.15) is 30.4 Å². The van der Waals surface area contributed by atoms with Crippen molar-refractivity contribution in [3.8, 4) is 0 Å². The van der Waals surface area contributed by atoms with Gasteiger partial charge in [-0.05, 0) is 49.1 Å². The number of hydrogen-bond donors (Lipinski definition) is 2. The zero-order valence-electron chi connectivity index (χ0n) is 14.4. The van der Waals surface area contributed by atoms with Crippen LogP contribution in [0.4, 0.5) is 4.79 Å². The first-order valence-electron chi connectivity index (χ1n) is 8.98. The molecule has 0 aromatic heterocycles. The fourth-order valence-corrected chi connectivity index (χ4v) is 3.93. The Kier molecular flexibility index (Phi) is 5.38. The zero-order chi connectivity index (χ0) is 16.9. The highest BCUT2D eigenvalue weighted by atomic mass is 16.2. The van der Waals surface area contributed by atoms with E-state index in [1.165, 1.54) is 11.1 Å². The lowest BCUT2D eigenvalue weighted by atomic mass is 9.97. The monoisotopic (exact) mass is 329 g/mol. The van der Waals surface area contributed by atoms with Crippen LogP contribution in [0.3, 0.4) is 0 Å². The summed E-state index contributed by atoms with van der Waals surface area (Å²) < 4.78 is 0. The van der Waals surface area contributed by atoms with Gasteiger partial charge in [-0.2, -0.15) is 0 Å². The van der Waals surface area contributed by atoms with Crippen molar-refractivity contribution in [2.75, 3.05) is 26.7 Å². The Morgan fingerprint density at radius 1 is 1.21 bits per heavy atom. The minimum absolute atomic E-state index is 0.0286. The van der Waals surface area contributed by atoms with Crippen LogP contribution in [0.5, 0.6) is 0 Å². The third-order valence-electron chi connectivity index (χ3n) is 5.29. The highest BCUT2D eigenvalue weighted by Gasteiger charge is 2.28. The second-order valence-electron chi connectivity index (χ2n) is 6.96. The first-order chi connectivity index (χ1) is 11.7. The molecule has 1 fully saturated rings. The fourth-order valence-electron chi connectivity index (χ4n) is 3.93. The van der Waals surface area contributed by atoms with Gasteiger partial charge < -0.3 is 15.5 Å². The van der Waals surface area contributed by atoms with Gasteiger partial charge in [-0.1, -0.05) is 24.3 Å². The molecule has 0 saturated carbocycles. The lowest BCUT2D eigenvalue weighted by Crippen LogP contribution is -2.48. The maximum Gasteiger partial charge on any atom is 0.317 e. The molecule has 5 heteroatoms. The van der Waals surface area contributed by atoms with Crippen LogP contribution >= 0.6 is 0 Å². The van der Waals surface area contributed by atoms with Crippen molar-refractivity contribution in [3.63, 3.8) is 0 Å². The van der Waals surface area contributed by atoms with E-state index in [1.807, 2.05) is 0 Å². The Balaban J connectivity index is 1.41. The van der Waals surface area contributed by atoms with Crippen molar-refractivity contribution < 1.29 is 9.59 Å². The van der Waals surface area contributed by atoms with E-state index in [0.29, 0.717) is 19.0 Å². The smallest absolute Gasteiger partial charge is 0.317 e. The molecular weight excluding hydrogens is 302 g/mol. The molecule has 2 aliphatic rings.